The Kier molecular flexibility index (Phi) is 2.38. The van der Waals surface area contributed by atoms with Crippen molar-refractivity contribution in [3.63, 3.8) is 0 Å². The summed E-state index contributed by atoms with van der Waals surface area (Å²) in [5, 5.41) is 10.1. The molecule has 0 unspecified atom stereocenters. The van der Waals surface area contributed by atoms with Crippen molar-refractivity contribution in [2.45, 2.75) is 0 Å². The lowest BCUT2D eigenvalue weighted by Crippen LogP contribution is -1.97. The third kappa shape index (κ3) is 1.57. The van der Waals surface area contributed by atoms with Crippen molar-refractivity contribution >= 4 is 16.9 Å². The molecule has 0 radical (unpaired) electrons. The average molecular weight is 237 g/mol. The van der Waals surface area contributed by atoms with Gasteiger partial charge in [0.1, 0.15) is 0 Å². The maximum Gasteiger partial charge on any atom is 0.338 e. The Balaban J connectivity index is 2.36. The van der Waals surface area contributed by atoms with Crippen molar-refractivity contribution in [2.75, 3.05) is 0 Å². The number of fused-ring (bicyclic) bond motifs is 1. The number of para-hydroxylation sites is 1. The summed E-state index contributed by atoms with van der Waals surface area (Å²) < 4.78 is 0. The lowest BCUT2D eigenvalue weighted by Gasteiger charge is -2.00. The van der Waals surface area contributed by atoms with Crippen LogP contribution in [0.25, 0.3) is 22.2 Å². The first kappa shape index (κ1) is 10.6. The van der Waals surface area contributed by atoms with Crippen molar-refractivity contribution in [1.29, 1.82) is 0 Å². The second-order valence-corrected chi connectivity index (χ2v) is 4.09. The molecule has 0 amide bonds. The van der Waals surface area contributed by atoms with E-state index in [4.69, 9.17) is 0 Å². The molecule has 3 heteroatoms. The van der Waals surface area contributed by atoms with E-state index in [1.807, 2.05) is 54.6 Å². The van der Waals surface area contributed by atoms with Crippen LogP contribution < -0.4 is 0 Å². The Bertz CT molecular complexity index is 714. The SMILES string of the molecule is O=C(O)c1c(-c2ccccc2)[nH]c2ccccc12. The molecule has 18 heavy (non-hydrogen) atoms. The van der Waals surface area contributed by atoms with E-state index in [0.717, 1.165) is 16.5 Å². The van der Waals surface area contributed by atoms with Gasteiger partial charge in [0.25, 0.3) is 0 Å². The highest BCUT2D eigenvalue weighted by molar-refractivity contribution is 6.09. The molecule has 3 nitrogen and oxygen atoms in total. The van der Waals surface area contributed by atoms with Gasteiger partial charge in [-0.05, 0) is 11.6 Å². The molecule has 1 aromatic heterocycles. The highest BCUT2D eigenvalue weighted by atomic mass is 16.4. The first-order valence-corrected chi connectivity index (χ1v) is 5.67. The fraction of sp³-hybridized carbons (Fsp3) is 0. The van der Waals surface area contributed by atoms with Crippen molar-refractivity contribution < 1.29 is 9.90 Å². The van der Waals surface area contributed by atoms with Gasteiger partial charge in [-0.25, -0.2) is 4.79 Å². The van der Waals surface area contributed by atoms with Gasteiger partial charge in [0.15, 0.2) is 0 Å². The molecule has 0 atom stereocenters. The van der Waals surface area contributed by atoms with Crippen LogP contribution in [0.3, 0.4) is 0 Å². The zero-order chi connectivity index (χ0) is 12.5. The predicted molar refractivity (Wildman–Crippen MR) is 70.7 cm³/mol. The fourth-order valence-electron chi connectivity index (χ4n) is 2.19. The smallest absolute Gasteiger partial charge is 0.338 e. The Labute approximate surface area is 104 Å². The number of aromatic amines is 1. The van der Waals surface area contributed by atoms with E-state index in [9.17, 15) is 9.90 Å². The fourth-order valence-corrected chi connectivity index (χ4v) is 2.19. The largest absolute Gasteiger partial charge is 0.478 e. The zero-order valence-corrected chi connectivity index (χ0v) is 9.55. The molecule has 0 fully saturated rings. The van der Waals surface area contributed by atoms with Crippen LogP contribution in [0.15, 0.2) is 54.6 Å². The van der Waals surface area contributed by atoms with Crippen LogP contribution in [0.4, 0.5) is 0 Å². The Hall–Kier alpha value is -2.55. The van der Waals surface area contributed by atoms with E-state index in [2.05, 4.69) is 4.98 Å². The van der Waals surface area contributed by atoms with Gasteiger partial charge in [0.2, 0.25) is 0 Å². The van der Waals surface area contributed by atoms with E-state index in [1.54, 1.807) is 0 Å². The van der Waals surface area contributed by atoms with E-state index in [0.29, 0.717) is 11.3 Å². The number of carbonyl (C=O) groups is 1. The average Bonchev–Trinajstić information content (AvgIpc) is 2.79. The molecule has 0 spiro atoms. The van der Waals surface area contributed by atoms with Crippen LogP contribution in [0.1, 0.15) is 10.4 Å². The normalized spacial score (nSPS) is 10.7. The molecular weight excluding hydrogens is 226 g/mol. The second kappa shape index (κ2) is 4.04. The third-order valence-electron chi connectivity index (χ3n) is 2.98. The minimum absolute atomic E-state index is 0.330. The Morgan fingerprint density at radius 2 is 1.61 bits per heavy atom. The highest BCUT2D eigenvalue weighted by Crippen LogP contribution is 2.29. The molecule has 3 rings (SSSR count). The van der Waals surface area contributed by atoms with Gasteiger partial charge in [0.05, 0.1) is 11.3 Å². The van der Waals surface area contributed by atoms with E-state index < -0.39 is 5.97 Å². The number of aromatic nitrogens is 1. The minimum Gasteiger partial charge on any atom is -0.478 e. The summed E-state index contributed by atoms with van der Waals surface area (Å²) in [6, 6.07) is 16.9. The number of hydrogen-bond acceptors (Lipinski definition) is 1. The first-order valence-electron chi connectivity index (χ1n) is 5.67. The van der Waals surface area contributed by atoms with Crippen molar-refractivity contribution in [3.8, 4) is 11.3 Å². The summed E-state index contributed by atoms with van der Waals surface area (Å²) in [5.41, 5.74) is 2.71. The molecule has 88 valence electrons. The maximum atomic E-state index is 11.5. The molecule has 0 aliphatic rings. The quantitative estimate of drug-likeness (QED) is 0.716. The predicted octanol–water partition coefficient (Wildman–Crippen LogP) is 3.53. The number of carboxylic acid groups (broad SMARTS) is 1. The lowest BCUT2D eigenvalue weighted by atomic mass is 10.1. The van der Waals surface area contributed by atoms with E-state index in [-0.39, 0.29) is 0 Å². The highest BCUT2D eigenvalue weighted by Gasteiger charge is 2.18. The molecule has 0 bridgehead atoms. The zero-order valence-electron chi connectivity index (χ0n) is 9.55. The molecule has 0 aliphatic carbocycles. The number of aromatic carboxylic acids is 1. The van der Waals surface area contributed by atoms with Crippen molar-refractivity contribution in [3.05, 3.63) is 60.2 Å². The molecular formula is C15H11NO2. The standard InChI is InChI=1S/C15H11NO2/c17-15(18)13-11-8-4-5-9-12(11)16-14(13)10-6-2-1-3-7-10/h1-9,16H,(H,17,18). The van der Waals surface area contributed by atoms with Crippen LogP contribution in [-0.2, 0) is 0 Å². The summed E-state index contributed by atoms with van der Waals surface area (Å²) in [6.07, 6.45) is 0. The minimum atomic E-state index is -0.911. The van der Waals surface area contributed by atoms with Crippen molar-refractivity contribution in [2.24, 2.45) is 0 Å². The molecule has 0 saturated heterocycles. The van der Waals surface area contributed by atoms with Crippen LogP contribution in [0.2, 0.25) is 0 Å². The van der Waals surface area contributed by atoms with Crippen LogP contribution in [-0.4, -0.2) is 16.1 Å². The van der Waals surface area contributed by atoms with Gasteiger partial charge < -0.3 is 10.1 Å². The van der Waals surface area contributed by atoms with E-state index >= 15 is 0 Å². The summed E-state index contributed by atoms with van der Waals surface area (Å²) in [7, 11) is 0. The molecule has 3 aromatic rings. The Morgan fingerprint density at radius 3 is 2.33 bits per heavy atom. The van der Waals surface area contributed by atoms with Gasteiger partial charge in [-0.3, -0.25) is 0 Å². The topological polar surface area (TPSA) is 53.1 Å². The number of carboxylic acids is 1. The summed E-state index contributed by atoms with van der Waals surface area (Å²) in [4.78, 5) is 14.6. The van der Waals surface area contributed by atoms with Crippen LogP contribution >= 0.6 is 0 Å². The third-order valence-corrected chi connectivity index (χ3v) is 2.98. The number of nitrogens with one attached hydrogen (secondary N) is 1. The van der Waals surface area contributed by atoms with Gasteiger partial charge in [0, 0.05) is 10.9 Å². The molecule has 1 heterocycles. The molecule has 2 N–H and O–H groups in total. The van der Waals surface area contributed by atoms with Crippen LogP contribution in [0, 0.1) is 0 Å². The van der Waals surface area contributed by atoms with Gasteiger partial charge in [-0.2, -0.15) is 0 Å². The summed E-state index contributed by atoms with van der Waals surface area (Å²) in [5.74, 6) is -0.911. The maximum absolute atomic E-state index is 11.5. The molecule has 0 aliphatic heterocycles. The Morgan fingerprint density at radius 1 is 0.944 bits per heavy atom. The van der Waals surface area contributed by atoms with Gasteiger partial charge in [-0.15, -0.1) is 0 Å². The van der Waals surface area contributed by atoms with Crippen molar-refractivity contribution in [1.82, 2.24) is 4.98 Å². The van der Waals surface area contributed by atoms with E-state index in [1.165, 1.54) is 0 Å². The lowest BCUT2D eigenvalue weighted by molar-refractivity contribution is 0.0700. The number of rotatable bonds is 2. The number of H-pyrrole nitrogens is 1. The number of hydrogen-bond donors (Lipinski definition) is 2. The van der Waals surface area contributed by atoms with Crippen LogP contribution in [0.5, 0.6) is 0 Å². The summed E-state index contributed by atoms with van der Waals surface area (Å²) in [6.45, 7) is 0. The first-order chi connectivity index (χ1) is 8.77. The molecule has 2 aromatic carbocycles. The van der Waals surface area contributed by atoms with Gasteiger partial charge in [-0.1, -0.05) is 48.5 Å². The summed E-state index contributed by atoms with van der Waals surface area (Å²) >= 11 is 0. The number of benzene rings is 2. The monoisotopic (exact) mass is 237 g/mol. The second-order valence-electron chi connectivity index (χ2n) is 4.09. The molecule has 0 saturated carbocycles. The van der Waals surface area contributed by atoms with Gasteiger partial charge >= 0.3 is 5.97 Å².